The van der Waals surface area contributed by atoms with Gasteiger partial charge in [-0.15, -0.1) is 0 Å². The van der Waals surface area contributed by atoms with Gasteiger partial charge in [-0.3, -0.25) is 4.79 Å². The van der Waals surface area contributed by atoms with Gasteiger partial charge in [-0.2, -0.15) is 4.99 Å². The quantitative estimate of drug-likeness (QED) is 0.634. The number of fused-ring (bicyclic) bond motifs is 2. The Kier molecular flexibility index (Phi) is 5.62. The summed E-state index contributed by atoms with van der Waals surface area (Å²) in [7, 11) is 0. The molecule has 6 nitrogen and oxygen atoms in total. The zero-order valence-electron chi connectivity index (χ0n) is 15.7. The third-order valence-electron chi connectivity index (χ3n) is 4.34. The molecule has 0 atom stereocenters. The molecule has 4 rings (SSSR count). The molecule has 1 aliphatic rings. The van der Waals surface area contributed by atoms with Crippen molar-refractivity contribution in [3.63, 3.8) is 0 Å². The van der Waals surface area contributed by atoms with Crippen molar-refractivity contribution in [1.82, 2.24) is 4.57 Å². The number of nitrogens with zero attached hydrogens (tertiary/aromatic N) is 2. The highest BCUT2D eigenvalue weighted by Gasteiger charge is 2.16. The van der Waals surface area contributed by atoms with E-state index in [9.17, 15) is 4.79 Å². The highest BCUT2D eigenvalue weighted by atomic mass is 32.1. The van der Waals surface area contributed by atoms with Gasteiger partial charge in [0.25, 0.3) is 5.91 Å². The summed E-state index contributed by atoms with van der Waals surface area (Å²) < 4.78 is 20.1. The van der Waals surface area contributed by atoms with Gasteiger partial charge in [0.05, 0.1) is 23.2 Å². The van der Waals surface area contributed by atoms with Gasteiger partial charge in [-0.1, -0.05) is 36.5 Å². The number of para-hydroxylation sites is 1. The second kappa shape index (κ2) is 8.48. The molecule has 1 amide bonds. The number of ether oxygens (including phenoxy) is 3. The lowest BCUT2D eigenvalue weighted by molar-refractivity contribution is -0.118. The number of aromatic nitrogens is 1. The summed E-state index contributed by atoms with van der Waals surface area (Å²) in [5.74, 6) is 2.06. The molecule has 146 valence electrons. The first-order valence-electron chi connectivity index (χ1n) is 9.43. The van der Waals surface area contributed by atoms with Crippen LogP contribution in [0, 0.1) is 0 Å². The van der Waals surface area contributed by atoms with Gasteiger partial charge in [0, 0.05) is 18.7 Å². The second-order valence-electron chi connectivity index (χ2n) is 6.42. The van der Waals surface area contributed by atoms with Crippen LogP contribution in [-0.4, -0.2) is 30.3 Å². The Morgan fingerprint density at radius 3 is 2.68 bits per heavy atom. The lowest BCUT2D eigenvalue weighted by Crippen LogP contribution is -2.18. The van der Waals surface area contributed by atoms with Crippen LogP contribution in [0.1, 0.15) is 19.8 Å². The van der Waals surface area contributed by atoms with Crippen LogP contribution in [0.25, 0.3) is 10.2 Å². The standard InChI is InChI=1S/C21H22N2O4S/c1-2-9-23-16-13-17-18(27-12-11-26-17)14-19(16)28-21(23)22-20(24)8-10-25-15-6-4-3-5-7-15/h3-7,13-14H,2,8-12H2,1H3. The van der Waals surface area contributed by atoms with E-state index < -0.39 is 0 Å². The summed E-state index contributed by atoms with van der Waals surface area (Å²) in [6.45, 7) is 4.30. The number of aryl methyl sites for hydroxylation is 1. The summed E-state index contributed by atoms with van der Waals surface area (Å²) in [5.41, 5.74) is 1.02. The summed E-state index contributed by atoms with van der Waals surface area (Å²) in [6.07, 6.45) is 1.18. The molecule has 0 radical (unpaired) electrons. The van der Waals surface area contributed by atoms with Crippen molar-refractivity contribution in [3.05, 3.63) is 47.3 Å². The fraction of sp³-hybridized carbons (Fsp3) is 0.333. The number of amides is 1. The van der Waals surface area contributed by atoms with Crippen LogP contribution >= 0.6 is 11.3 Å². The van der Waals surface area contributed by atoms with Crippen LogP contribution in [0.5, 0.6) is 17.2 Å². The Labute approximate surface area is 167 Å². The lowest BCUT2D eigenvalue weighted by Gasteiger charge is -2.18. The van der Waals surface area contributed by atoms with Crippen LogP contribution in [0.15, 0.2) is 47.5 Å². The maximum Gasteiger partial charge on any atom is 0.251 e. The van der Waals surface area contributed by atoms with Crippen molar-refractivity contribution in [2.24, 2.45) is 4.99 Å². The van der Waals surface area contributed by atoms with E-state index in [1.807, 2.05) is 42.5 Å². The van der Waals surface area contributed by atoms with Crippen LogP contribution in [0.2, 0.25) is 0 Å². The smallest absolute Gasteiger partial charge is 0.251 e. The van der Waals surface area contributed by atoms with Gasteiger partial charge in [0.2, 0.25) is 0 Å². The molecule has 2 aromatic carbocycles. The third kappa shape index (κ3) is 4.04. The Bertz CT molecular complexity index is 1040. The number of hydrogen-bond acceptors (Lipinski definition) is 5. The minimum Gasteiger partial charge on any atom is -0.493 e. The molecule has 0 unspecified atom stereocenters. The first kappa shape index (κ1) is 18.6. The molecule has 0 fully saturated rings. The van der Waals surface area contributed by atoms with E-state index in [1.165, 1.54) is 11.3 Å². The van der Waals surface area contributed by atoms with E-state index in [2.05, 4.69) is 16.5 Å². The topological polar surface area (TPSA) is 62.1 Å². The summed E-state index contributed by atoms with van der Waals surface area (Å²) >= 11 is 1.49. The summed E-state index contributed by atoms with van der Waals surface area (Å²) in [5, 5.41) is 0. The number of carbonyl (C=O) groups is 1. The van der Waals surface area contributed by atoms with E-state index in [0.717, 1.165) is 40.4 Å². The number of thiazole rings is 1. The van der Waals surface area contributed by atoms with Gasteiger partial charge in [-0.25, -0.2) is 0 Å². The largest absolute Gasteiger partial charge is 0.493 e. The van der Waals surface area contributed by atoms with Crippen molar-refractivity contribution < 1.29 is 19.0 Å². The average molecular weight is 398 g/mol. The minimum atomic E-state index is -0.190. The Balaban J connectivity index is 1.57. The Hall–Kier alpha value is -2.80. The van der Waals surface area contributed by atoms with E-state index in [0.29, 0.717) is 24.6 Å². The zero-order valence-corrected chi connectivity index (χ0v) is 16.5. The van der Waals surface area contributed by atoms with Crippen LogP contribution in [0.4, 0.5) is 0 Å². The van der Waals surface area contributed by atoms with Gasteiger partial charge < -0.3 is 18.8 Å². The molecule has 0 spiro atoms. The van der Waals surface area contributed by atoms with E-state index in [1.54, 1.807) is 0 Å². The van der Waals surface area contributed by atoms with Crippen molar-refractivity contribution in [1.29, 1.82) is 0 Å². The van der Waals surface area contributed by atoms with Crippen molar-refractivity contribution in [3.8, 4) is 17.2 Å². The number of carbonyl (C=O) groups excluding carboxylic acids is 1. The summed E-state index contributed by atoms with van der Waals surface area (Å²) in [4.78, 5) is 17.4. The molecule has 0 bridgehead atoms. The van der Waals surface area contributed by atoms with Crippen LogP contribution in [-0.2, 0) is 11.3 Å². The maximum absolute atomic E-state index is 12.4. The molecule has 7 heteroatoms. The zero-order chi connectivity index (χ0) is 19.3. The predicted octanol–water partition coefficient (Wildman–Crippen LogP) is 3.78. The molecule has 0 N–H and O–H groups in total. The van der Waals surface area contributed by atoms with Gasteiger partial charge in [0.1, 0.15) is 19.0 Å². The molecule has 0 aliphatic carbocycles. The van der Waals surface area contributed by atoms with E-state index in [4.69, 9.17) is 14.2 Å². The monoisotopic (exact) mass is 398 g/mol. The fourth-order valence-corrected chi connectivity index (χ4v) is 4.15. The molecule has 28 heavy (non-hydrogen) atoms. The molecule has 1 aliphatic heterocycles. The van der Waals surface area contributed by atoms with E-state index >= 15 is 0 Å². The fourth-order valence-electron chi connectivity index (χ4n) is 3.07. The van der Waals surface area contributed by atoms with Crippen molar-refractivity contribution in [2.45, 2.75) is 26.3 Å². The van der Waals surface area contributed by atoms with E-state index in [-0.39, 0.29) is 12.3 Å². The van der Waals surface area contributed by atoms with Gasteiger partial charge >= 0.3 is 0 Å². The molecule has 2 heterocycles. The number of rotatable bonds is 6. The van der Waals surface area contributed by atoms with Gasteiger partial charge in [-0.05, 0) is 18.6 Å². The molecule has 0 saturated carbocycles. The minimum absolute atomic E-state index is 0.190. The second-order valence-corrected chi connectivity index (χ2v) is 7.43. The molecule has 1 aromatic heterocycles. The van der Waals surface area contributed by atoms with Crippen molar-refractivity contribution in [2.75, 3.05) is 19.8 Å². The lowest BCUT2D eigenvalue weighted by atomic mass is 10.2. The molecular weight excluding hydrogens is 376 g/mol. The normalized spacial score (nSPS) is 13.7. The number of benzene rings is 2. The van der Waals surface area contributed by atoms with Crippen LogP contribution < -0.4 is 19.0 Å². The Morgan fingerprint density at radius 2 is 1.93 bits per heavy atom. The predicted molar refractivity (Wildman–Crippen MR) is 108 cm³/mol. The first-order valence-corrected chi connectivity index (χ1v) is 10.2. The molecule has 0 saturated heterocycles. The highest BCUT2D eigenvalue weighted by molar-refractivity contribution is 7.16. The highest BCUT2D eigenvalue weighted by Crippen LogP contribution is 2.35. The number of hydrogen-bond donors (Lipinski definition) is 0. The molecular formula is C21H22N2O4S. The maximum atomic E-state index is 12.4. The average Bonchev–Trinajstić information content (AvgIpc) is 3.03. The molecule has 3 aromatic rings. The third-order valence-corrected chi connectivity index (χ3v) is 5.38. The van der Waals surface area contributed by atoms with Gasteiger partial charge in [0.15, 0.2) is 16.3 Å². The first-order chi connectivity index (χ1) is 13.7. The van der Waals surface area contributed by atoms with Crippen LogP contribution in [0.3, 0.4) is 0 Å². The summed E-state index contributed by atoms with van der Waals surface area (Å²) in [6, 6.07) is 13.4. The Morgan fingerprint density at radius 1 is 1.18 bits per heavy atom. The SMILES string of the molecule is CCCn1c(=NC(=O)CCOc2ccccc2)sc2cc3c(cc21)OCCO3. The van der Waals surface area contributed by atoms with Crippen molar-refractivity contribution >= 4 is 27.5 Å².